The third-order valence-corrected chi connectivity index (χ3v) is 5.93. The molecule has 0 spiro atoms. The zero-order valence-corrected chi connectivity index (χ0v) is 17.9. The lowest BCUT2D eigenvalue weighted by Gasteiger charge is -2.32. The Hall–Kier alpha value is -2.47. The minimum atomic E-state index is -0.507. The van der Waals surface area contributed by atoms with Crippen molar-refractivity contribution >= 4 is 52.2 Å². The van der Waals surface area contributed by atoms with E-state index in [4.69, 9.17) is 34.8 Å². The first kappa shape index (κ1) is 19.8. The maximum Gasteiger partial charge on any atom is 0.258 e. The van der Waals surface area contributed by atoms with Crippen LogP contribution in [0.3, 0.4) is 0 Å². The maximum absolute atomic E-state index is 13.6. The summed E-state index contributed by atoms with van der Waals surface area (Å²) < 4.78 is 1.70. The molecule has 2 heterocycles. The van der Waals surface area contributed by atoms with Crippen molar-refractivity contribution in [2.45, 2.75) is 13.0 Å². The van der Waals surface area contributed by atoms with Crippen LogP contribution in [0.5, 0.6) is 0 Å². The van der Waals surface area contributed by atoms with Gasteiger partial charge in [0.25, 0.3) is 5.91 Å². The molecule has 0 fully saturated rings. The highest BCUT2D eigenvalue weighted by molar-refractivity contribution is 6.42. The van der Waals surface area contributed by atoms with E-state index in [1.807, 2.05) is 43.3 Å². The Morgan fingerprint density at radius 2 is 1.79 bits per heavy atom. The molecule has 0 bridgehead atoms. The van der Waals surface area contributed by atoms with Gasteiger partial charge in [-0.3, -0.25) is 4.79 Å². The lowest BCUT2D eigenvalue weighted by molar-refractivity contribution is -0.115. The molecule has 1 aliphatic heterocycles. The fraction of sp³-hybridized carbons (Fsp3) is 0.143. The van der Waals surface area contributed by atoms with Gasteiger partial charge in [0.05, 0.1) is 21.8 Å². The summed E-state index contributed by atoms with van der Waals surface area (Å²) in [7, 11) is 1.75. The molecule has 1 unspecified atom stereocenters. The lowest BCUT2D eigenvalue weighted by atomic mass is 9.94. The minimum Gasteiger partial charge on any atom is -0.342 e. The average molecular weight is 448 g/mol. The number of carbonyl (C=O) groups excluding carboxylic acids is 1. The third-order valence-electron chi connectivity index (χ3n) is 4.92. The van der Waals surface area contributed by atoms with Crippen LogP contribution in [0, 0.1) is 0 Å². The van der Waals surface area contributed by atoms with Gasteiger partial charge in [0, 0.05) is 18.4 Å². The number of amides is 1. The summed E-state index contributed by atoms with van der Waals surface area (Å²) in [6.07, 6.45) is 1.55. The van der Waals surface area contributed by atoms with Gasteiger partial charge in [-0.25, -0.2) is 4.68 Å². The number of likely N-dealkylation sites (N-methyl/N-ethyl adjacent to an activating group) is 1. The summed E-state index contributed by atoms with van der Waals surface area (Å²) in [5.41, 5.74) is 2.81. The number of fused-ring (bicyclic) bond motifs is 1. The second kappa shape index (κ2) is 7.75. The van der Waals surface area contributed by atoms with Gasteiger partial charge in [0.15, 0.2) is 0 Å². The van der Waals surface area contributed by atoms with E-state index < -0.39 is 6.04 Å². The standard InChI is InChI=1S/C21H17Cl3N4O/c1-12-18(21(29)27(2)14-6-4-3-5-7-14)19(13-8-9-15(22)16(23)10-13)28-20(26-12)17(24)11-25-28/h3-11,19,26H,1-2H3. The van der Waals surface area contributed by atoms with E-state index in [0.29, 0.717) is 32.2 Å². The Labute approximate surface area is 183 Å². The highest BCUT2D eigenvalue weighted by atomic mass is 35.5. The molecule has 148 valence electrons. The van der Waals surface area contributed by atoms with Gasteiger partial charge in [-0.15, -0.1) is 0 Å². The zero-order valence-electron chi connectivity index (χ0n) is 15.7. The highest BCUT2D eigenvalue weighted by Gasteiger charge is 2.35. The second-order valence-electron chi connectivity index (χ2n) is 6.73. The van der Waals surface area contributed by atoms with E-state index in [-0.39, 0.29) is 5.91 Å². The summed E-state index contributed by atoms with van der Waals surface area (Å²) in [5, 5.41) is 8.94. The van der Waals surface area contributed by atoms with Gasteiger partial charge in [-0.05, 0) is 36.8 Å². The van der Waals surface area contributed by atoms with Crippen LogP contribution in [0.4, 0.5) is 11.5 Å². The summed E-state index contributed by atoms with van der Waals surface area (Å²) in [6.45, 7) is 1.85. The van der Waals surface area contributed by atoms with E-state index in [2.05, 4.69) is 10.4 Å². The van der Waals surface area contributed by atoms with E-state index in [1.165, 1.54) is 0 Å². The number of nitrogens with one attached hydrogen (secondary N) is 1. The highest BCUT2D eigenvalue weighted by Crippen LogP contribution is 2.41. The van der Waals surface area contributed by atoms with Crippen LogP contribution in [-0.4, -0.2) is 22.7 Å². The van der Waals surface area contributed by atoms with Crippen LogP contribution in [0.25, 0.3) is 0 Å². The smallest absolute Gasteiger partial charge is 0.258 e. The number of aromatic nitrogens is 2. The van der Waals surface area contributed by atoms with Crippen molar-refractivity contribution in [2.24, 2.45) is 0 Å². The number of carbonyl (C=O) groups is 1. The summed E-state index contributed by atoms with van der Waals surface area (Å²) in [5.74, 6) is 0.466. The Bertz CT molecular complexity index is 1120. The summed E-state index contributed by atoms with van der Waals surface area (Å²) in [4.78, 5) is 15.2. The molecule has 1 aromatic heterocycles. The summed E-state index contributed by atoms with van der Waals surface area (Å²) >= 11 is 18.7. The number of nitrogens with zero attached hydrogens (tertiary/aromatic N) is 3. The number of halogens is 3. The van der Waals surface area contributed by atoms with Gasteiger partial charge >= 0.3 is 0 Å². The molecule has 1 amide bonds. The SMILES string of the molecule is CC1=C(C(=O)N(C)c2ccccc2)C(c2ccc(Cl)c(Cl)c2)n2ncc(Cl)c2N1. The number of para-hydroxylation sites is 1. The molecule has 0 saturated carbocycles. The first-order chi connectivity index (χ1) is 13.9. The fourth-order valence-electron chi connectivity index (χ4n) is 3.44. The molecule has 5 nitrogen and oxygen atoms in total. The quantitative estimate of drug-likeness (QED) is 0.552. The van der Waals surface area contributed by atoms with Crippen LogP contribution in [0.1, 0.15) is 18.5 Å². The Balaban J connectivity index is 1.85. The molecular weight excluding hydrogens is 431 g/mol. The molecule has 1 N–H and O–H groups in total. The number of rotatable bonds is 3. The number of hydrogen-bond acceptors (Lipinski definition) is 3. The van der Waals surface area contributed by atoms with Crippen LogP contribution in [0.15, 0.2) is 66.0 Å². The van der Waals surface area contributed by atoms with E-state index in [1.54, 1.807) is 35.0 Å². The van der Waals surface area contributed by atoms with Crippen molar-refractivity contribution in [3.8, 4) is 0 Å². The molecule has 1 atom stereocenters. The number of anilines is 2. The molecule has 4 rings (SSSR count). The molecule has 3 aromatic rings. The molecule has 2 aromatic carbocycles. The molecule has 0 radical (unpaired) electrons. The monoisotopic (exact) mass is 446 g/mol. The first-order valence-electron chi connectivity index (χ1n) is 8.87. The van der Waals surface area contributed by atoms with Crippen molar-refractivity contribution in [3.05, 3.63) is 86.6 Å². The predicted octanol–water partition coefficient (Wildman–Crippen LogP) is 5.80. The van der Waals surface area contributed by atoms with Gasteiger partial charge in [0.2, 0.25) is 0 Å². The van der Waals surface area contributed by atoms with Crippen LogP contribution >= 0.6 is 34.8 Å². The normalized spacial score (nSPS) is 15.7. The molecule has 8 heteroatoms. The molecule has 29 heavy (non-hydrogen) atoms. The Morgan fingerprint density at radius 3 is 2.48 bits per heavy atom. The number of benzene rings is 2. The molecule has 1 aliphatic rings. The Kier molecular flexibility index (Phi) is 5.30. The van der Waals surface area contributed by atoms with Crippen molar-refractivity contribution in [1.29, 1.82) is 0 Å². The molecule has 0 saturated heterocycles. The summed E-state index contributed by atoms with van der Waals surface area (Å²) in [6, 6.07) is 14.3. The van der Waals surface area contributed by atoms with Crippen molar-refractivity contribution < 1.29 is 4.79 Å². The third kappa shape index (κ3) is 3.50. The van der Waals surface area contributed by atoms with Gasteiger partial charge in [-0.1, -0.05) is 59.1 Å². The average Bonchev–Trinajstić information content (AvgIpc) is 3.09. The van der Waals surface area contributed by atoms with Gasteiger partial charge in [0.1, 0.15) is 16.9 Å². The lowest BCUT2D eigenvalue weighted by Crippen LogP contribution is -2.36. The van der Waals surface area contributed by atoms with Crippen molar-refractivity contribution in [2.75, 3.05) is 17.3 Å². The van der Waals surface area contributed by atoms with Crippen LogP contribution in [-0.2, 0) is 4.79 Å². The minimum absolute atomic E-state index is 0.158. The van der Waals surface area contributed by atoms with Gasteiger partial charge in [-0.2, -0.15) is 5.10 Å². The fourth-order valence-corrected chi connectivity index (χ4v) is 3.93. The largest absolute Gasteiger partial charge is 0.342 e. The van der Waals surface area contributed by atoms with E-state index in [0.717, 1.165) is 11.3 Å². The first-order valence-corrected chi connectivity index (χ1v) is 10.0. The van der Waals surface area contributed by atoms with Crippen LogP contribution < -0.4 is 10.2 Å². The van der Waals surface area contributed by atoms with Crippen molar-refractivity contribution in [1.82, 2.24) is 9.78 Å². The van der Waals surface area contributed by atoms with Crippen LogP contribution in [0.2, 0.25) is 15.1 Å². The van der Waals surface area contributed by atoms with Gasteiger partial charge < -0.3 is 10.2 Å². The molecule has 0 aliphatic carbocycles. The number of hydrogen-bond donors (Lipinski definition) is 1. The zero-order chi connectivity index (χ0) is 20.7. The Morgan fingerprint density at radius 1 is 1.07 bits per heavy atom. The number of allylic oxidation sites excluding steroid dienone is 1. The van der Waals surface area contributed by atoms with E-state index >= 15 is 0 Å². The topological polar surface area (TPSA) is 50.2 Å². The van der Waals surface area contributed by atoms with E-state index in [9.17, 15) is 4.79 Å². The maximum atomic E-state index is 13.6. The molecular formula is C21H17Cl3N4O. The van der Waals surface area contributed by atoms with Crippen molar-refractivity contribution in [3.63, 3.8) is 0 Å². The second-order valence-corrected chi connectivity index (χ2v) is 7.95. The predicted molar refractivity (Wildman–Crippen MR) is 118 cm³/mol.